The number of hydrogen-bond acceptors (Lipinski definition) is 5. The molecule has 0 aliphatic rings. The van der Waals surface area contributed by atoms with Crippen LogP contribution in [-0.4, -0.2) is 25.2 Å². The second-order valence-electron chi connectivity index (χ2n) is 4.87. The van der Waals surface area contributed by atoms with Gasteiger partial charge in [-0.3, -0.25) is 0 Å². The van der Waals surface area contributed by atoms with Crippen LogP contribution in [-0.2, 0) is 0 Å². The van der Waals surface area contributed by atoms with Gasteiger partial charge in [-0.1, -0.05) is 29.3 Å². The summed E-state index contributed by atoms with van der Waals surface area (Å²) in [7, 11) is 1.91. The number of aromatic nitrogens is 1. The average molecular weight is 367 g/mol. The number of aryl methyl sites for hydroxylation is 1. The van der Waals surface area contributed by atoms with Crippen molar-refractivity contribution < 1.29 is 4.74 Å². The van der Waals surface area contributed by atoms with E-state index in [4.69, 9.17) is 16.3 Å². The Labute approximate surface area is 151 Å². The molecule has 0 aliphatic heterocycles. The number of nitrogens with one attached hydrogen (secondary N) is 1. The number of ether oxygens (including phenoxy) is 1. The van der Waals surface area contributed by atoms with E-state index < -0.39 is 0 Å². The highest BCUT2D eigenvalue weighted by Crippen LogP contribution is 2.27. The molecular weight excluding hydrogens is 348 g/mol. The summed E-state index contributed by atoms with van der Waals surface area (Å²) < 4.78 is 7.46. The van der Waals surface area contributed by atoms with E-state index in [2.05, 4.69) is 22.9 Å². The lowest BCUT2D eigenvalue weighted by Gasteiger charge is -2.04. The van der Waals surface area contributed by atoms with Crippen molar-refractivity contribution in [3.63, 3.8) is 0 Å². The first-order valence-corrected chi connectivity index (χ1v) is 8.82. The number of halogens is 1. The third kappa shape index (κ3) is 6.03. The van der Waals surface area contributed by atoms with Gasteiger partial charge in [0.25, 0.3) is 0 Å². The van der Waals surface area contributed by atoms with Crippen molar-refractivity contribution in [2.24, 2.45) is 0 Å². The van der Waals surface area contributed by atoms with Crippen LogP contribution < -0.4 is 10.1 Å². The van der Waals surface area contributed by atoms with Crippen LogP contribution >= 0.6 is 35.6 Å². The van der Waals surface area contributed by atoms with Gasteiger partial charge in [0.05, 0.1) is 10.2 Å². The van der Waals surface area contributed by atoms with E-state index in [0.29, 0.717) is 6.61 Å². The largest absolute Gasteiger partial charge is 0.492 e. The Hall–Kier alpha value is -1.27. The van der Waals surface area contributed by atoms with Crippen LogP contribution in [0, 0.1) is 6.92 Å². The van der Waals surface area contributed by atoms with Gasteiger partial charge in [-0.15, -0.1) is 24.0 Å². The van der Waals surface area contributed by atoms with Crippen LogP contribution in [0.25, 0.3) is 10.2 Å². The molecule has 0 saturated heterocycles. The first-order valence-electron chi connectivity index (χ1n) is 7.17. The summed E-state index contributed by atoms with van der Waals surface area (Å²) in [6.45, 7) is 3.56. The Bertz CT molecular complexity index is 723. The number of thiol groups is 1. The van der Waals surface area contributed by atoms with E-state index in [9.17, 15) is 0 Å². The zero-order valence-corrected chi connectivity index (χ0v) is 15.5. The summed E-state index contributed by atoms with van der Waals surface area (Å²) >= 11 is 11.4. The van der Waals surface area contributed by atoms with Gasteiger partial charge in [-0.05, 0) is 44.3 Å². The molecule has 1 aromatic heterocycles. The molecule has 122 valence electrons. The Morgan fingerprint density at radius 2 is 1.96 bits per heavy atom. The second kappa shape index (κ2) is 9.13. The first kappa shape index (κ1) is 18.1. The molecule has 0 bridgehead atoms. The average Bonchev–Trinajstić information content (AvgIpc) is 2.90. The van der Waals surface area contributed by atoms with Gasteiger partial charge >= 0.3 is 0 Å². The predicted molar refractivity (Wildman–Crippen MR) is 102 cm³/mol. The molecule has 3 nitrogen and oxygen atoms in total. The summed E-state index contributed by atoms with van der Waals surface area (Å²) in [5, 5.41) is 3.83. The molecule has 0 aliphatic carbocycles. The smallest absolute Gasteiger partial charge is 0.148 e. The lowest BCUT2D eigenvalue weighted by molar-refractivity contribution is 0.319. The third-order valence-corrected chi connectivity index (χ3v) is 4.43. The van der Waals surface area contributed by atoms with Gasteiger partial charge in [0.15, 0.2) is 0 Å². The quantitative estimate of drug-likeness (QED) is 0.512. The molecule has 0 atom stereocenters. The van der Waals surface area contributed by atoms with Gasteiger partial charge < -0.3 is 10.1 Å². The van der Waals surface area contributed by atoms with Gasteiger partial charge in [0.2, 0.25) is 0 Å². The second-order valence-corrected chi connectivity index (χ2v) is 7.07. The van der Waals surface area contributed by atoms with E-state index in [0.717, 1.165) is 31.9 Å². The van der Waals surface area contributed by atoms with E-state index in [1.54, 1.807) is 11.3 Å². The molecule has 0 amide bonds. The lowest BCUT2D eigenvalue weighted by Crippen LogP contribution is -2.15. The van der Waals surface area contributed by atoms with Crippen molar-refractivity contribution in [2.45, 2.75) is 11.3 Å². The van der Waals surface area contributed by atoms with E-state index in [-0.39, 0.29) is 0 Å². The summed E-state index contributed by atoms with van der Waals surface area (Å²) in [6, 6.07) is 13.6. The van der Waals surface area contributed by atoms with Crippen LogP contribution in [0.15, 0.2) is 46.8 Å². The number of hydrogen-bond donors (Lipinski definition) is 2. The minimum atomic E-state index is 0.675. The van der Waals surface area contributed by atoms with Crippen molar-refractivity contribution in [3.05, 3.63) is 53.1 Å². The number of rotatable bonds is 4. The SMILES string of the molecule is CNCCOc1ccc2nc(S)sc2c1.Cc1ccc(Cl)cc1. The lowest BCUT2D eigenvalue weighted by atomic mass is 10.2. The molecule has 1 heterocycles. The van der Waals surface area contributed by atoms with E-state index >= 15 is 0 Å². The predicted octanol–water partition coefficient (Wildman–Crippen LogP) is 4.83. The number of thiazole rings is 1. The molecule has 0 unspecified atom stereocenters. The zero-order chi connectivity index (χ0) is 16.7. The Morgan fingerprint density at radius 3 is 2.61 bits per heavy atom. The highest BCUT2D eigenvalue weighted by atomic mass is 35.5. The van der Waals surface area contributed by atoms with Crippen LogP contribution in [0.1, 0.15) is 5.56 Å². The maximum absolute atomic E-state index is 5.61. The summed E-state index contributed by atoms with van der Waals surface area (Å²) in [5.41, 5.74) is 2.22. The van der Waals surface area contributed by atoms with Crippen LogP contribution in [0.2, 0.25) is 5.02 Å². The van der Waals surface area contributed by atoms with Gasteiger partial charge in [-0.25, -0.2) is 4.98 Å². The van der Waals surface area contributed by atoms with Crippen molar-refractivity contribution in [1.29, 1.82) is 0 Å². The van der Waals surface area contributed by atoms with Crippen molar-refractivity contribution in [1.82, 2.24) is 10.3 Å². The molecule has 3 rings (SSSR count). The van der Waals surface area contributed by atoms with Crippen LogP contribution in [0.3, 0.4) is 0 Å². The highest BCUT2D eigenvalue weighted by Gasteiger charge is 2.02. The Morgan fingerprint density at radius 1 is 1.22 bits per heavy atom. The Kier molecular flexibility index (Phi) is 7.17. The molecule has 3 aromatic rings. The maximum Gasteiger partial charge on any atom is 0.148 e. The normalized spacial score (nSPS) is 10.3. The van der Waals surface area contributed by atoms with Crippen LogP contribution in [0.5, 0.6) is 5.75 Å². The fraction of sp³-hybridized carbons (Fsp3) is 0.235. The zero-order valence-electron chi connectivity index (χ0n) is 13.0. The van der Waals surface area contributed by atoms with Gasteiger partial charge in [-0.2, -0.15) is 0 Å². The highest BCUT2D eigenvalue weighted by molar-refractivity contribution is 7.82. The van der Waals surface area contributed by atoms with Gasteiger partial charge in [0, 0.05) is 11.6 Å². The van der Waals surface area contributed by atoms with Crippen molar-refractivity contribution in [3.8, 4) is 5.75 Å². The third-order valence-electron chi connectivity index (χ3n) is 2.98. The van der Waals surface area contributed by atoms with E-state index in [1.807, 2.05) is 56.4 Å². The number of fused-ring (bicyclic) bond motifs is 1. The summed E-state index contributed by atoms with van der Waals surface area (Å²) in [4.78, 5) is 4.27. The fourth-order valence-electron chi connectivity index (χ4n) is 1.79. The topological polar surface area (TPSA) is 34.1 Å². The number of benzene rings is 2. The standard InChI is InChI=1S/C10H12N2OS2.C7H7Cl/c1-11-4-5-13-7-2-3-8-9(6-7)15-10(14)12-8;1-6-2-4-7(8)5-3-6/h2-3,6,11H,4-5H2,1H3,(H,12,14);2-5H,1H3. The Balaban J connectivity index is 0.000000203. The molecule has 0 saturated carbocycles. The van der Waals surface area contributed by atoms with Gasteiger partial charge in [0.1, 0.15) is 16.7 Å². The van der Waals surface area contributed by atoms with E-state index in [1.165, 1.54) is 5.56 Å². The molecule has 1 N–H and O–H groups in total. The minimum absolute atomic E-state index is 0.675. The molecule has 0 fully saturated rings. The van der Waals surface area contributed by atoms with Crippen molar-refractivity contribution >= 4 is 45.8 Å². The first-order chi connectivity index (χ1) is 11.1. The molecule has 0 radical (unpaired) electrons. The van der Waals surface area contributed by atoms with Crippen molar-refractivity contribution in [2.75, 3.05) is 20.2 Å². The number of likely N-dealkylation sites (N-methyl/N-ethyl adjacent to an activating group) is 1. The number of nitrogens with zero attached hydrogens (tertiary/aromatic N) is 1. The molecule has 2 aromatic carbocycles. The molecule has 0 spiro atoms. The molecule has 6 heteroatoms. The molecular formula is C17H19ClN2OS2. The molecule has 23 heavy (non-hydrogen) atoms. The monoisotopic (exact) mass is 366 g/mol. The minimum Gasteiger partial charge on any atom is -0.492 e. The maximum atomic E-state index is 5.61. The van der Waals surface area contributed by atoms with Crippen LogP contribution in [0.4, 0.5) is 0 Å². The summed E-state index contributed by atoms with van der Waals surface area (Å²) in [5.74, 6) is 0.884. The fourth-order valence-corrected chi connectivity index (χ4v) is 3.05. The summed E-state index contributed by atoms with van der Waals surface area (Å²) in [6.07, 6.45) is 0.